The highest BCUT2D eigenvalue weighted by molar-refractivity contribution is 5.30. The van der Waals surface area contributed by atoms with Crippen LogP contribution in [0, 0.1) is 13.8 Å². The maximum Gasteiger partial charge on any atom is 0.0590 e. The van der Waals surface area contributed by atoms with Crippen LogP contribution in [0.2, 0.25) is 0 Å². The fraction of sp³-hybridized carbons (Fsp3) is 0.571. The first-order valence-corrected chi connectivity index (χ1v) is 5.70. The summed E-state index contributed by atoms with van der Waals surface area (Å²) in [5.74, 6) is 0. The van der Waals surface area contributed by atoms with Crippen LogP contribution in [0.15, 0.2) is 18.2 Å². The summed E-state index contributed by atoms with van der Waals surface area (Å²) in [6, 6.07) is 6.61. The summed E-state index contributed by atoms with van der Waals surface area (Å²) in [4.78, 5) is 0. The lowest BCUT2D eigenvalue weighted by molar-refractivity contribution is 0.0194. The van der Waals surface area contributed by atoms with E-state index in [-0.39, 0.29) is 0 Å². The van der Waals surface area contributed by atoms with Gasteiger partial charge in [-0.25, -0.2) is 0 Å². The van der Waals surface area contributed by atoms with Gasteiger partial charge in [-0.15, -0.1) is 0 Å². The third-order valence-corrected chi connectivity index (χ3v) is 2.52. The van der Waals surface area contributed by atoms with E-state index in [0.29, 0.717) is 12.2 Å². The Bertz CT molecular complexity index is 315. The van der Waals surface area contributed by atoms with Crippen LogP contribution in [0.3, 0.4) is 0 Å². The SMILES string of the molecule is Cc1ccc(C)c(CC(C)OC(C)C)c1. The fourth-order valence-corrected chi connectivity index (χ4v) is 1.84. The molecule has 1 aromatic carbocycles. The van der Waals surface area contributed by atoms with Crippen molar-refractivity contribution in [3.8, 4) is 0 Å². The maximum absolute atomic E-state index is 5.75. The number of hydrogen-bond donors (Lipinski definition) is 0. The van der Waals surface area contributed by atoms with E-state index in [1.165, 1.54) is 16.7 Å². The van der Waals surface area contributed by atoms with Crippen LogP contribution in [0.4, 0.5) is 0 Å². The molecule has 0 aliphatic carbocycles. The molecule has 0 N–H and O–H groups in total. The molecule has 0 saturated heterocycles. The number of aryl methyl sites for hydroxylation is 2. The Morgan fingerprint density at radius 3 is 2.40 bits per heavy atom. The Balaban J connectivity index is 2.67. The van der Waals surface area contributed by atoms with Gasteiger partial charge < -0.3 is 4.74 Å². The molecule has 1 atom stereocenters. The number of rotatable bonds is 4. The van der Waals surface area contributed by atoms with Gasteiger partial charge in [-0.3, -0.25) is 0 Å². The summed E-state index contributed by atoms with van der Waals surface area (Å²) in [5.41, 5.74) is 4.09. The molecule has 0 aromatic heterocycles. The molecule has 84 valence electrons. The van der Waals surface area contributed by atoms with E-state index >= 15 is 0 Å². The Hall–Kier alpha value is -0.820. The standard InChI is InChI=1S/C14H22O/c1-10(2)15-13(5)9-14-8-11(3)6-7-12(14)4/h6-8,10,13H,9H2,1-5H3. The molecule has 0 spiro atoms. The zero-order chi connectivity index (χ0) is 11.4. The van der Waals surface area contributed by atoms with Gasteiger partial charge in [-0.05, 0) is 52.2 Å². The van der Waals surface area contributed by atoms with Crippen molar-refractivity contribution in [3.05, 3.63) is 34.9 Å². The Kier molecular flexibility index (Phi) is 4.34. The normalized spacial score (nSPS) is 13.2. The molecule has 0 bridgehead atoms. The molecule has 1 unspecified atom stereocenters. The molecule has 1 aromatic rings. The summed E-state index contributed by atoms with van der Waals surface area (Å²) >= 11 is 0. The van der Waals surface area contributed by atoms with Crippen molar-refractivity contribution in [2.24, 2.45) is 0 Å². The molecular formula is C14H22O. The van der Waals surface area contributed by atoms with Gasteiger partial charge in [0.1, 0.15) is 0 Å². The van der Waals surface area contributed by atoms with Gasteiger partial charge >= 0.3 is 0 Å². The van der Waals surface area contributed by atoms with Crippen LogP contribution in [-0.4, -0.2) is 12.2 Å². The van der Waals surface area contributed by atoms with E-state index < -0.39 is 0 Å². The number of hydrogen-bond acceptors (Lipinski definition) is 1. The molecule has 15 heavy (non-hydrogen) atoms. The highest BCUT2D eigenvalue weighted by Crippen LogP contribution is 2.14. The van der Waals surface area contributed by atoms with E-state index in [1.54, 1.807) is 0 Å². The molecule has 0 amide bonds. The quantitative estimate of drug-likeness (QED) is 0.730. The van der Waals surface area contributed by atoms with E-state index in [1.807, 2.05) is 0 Å². The molecule has 1 nitrogen and oxygen atoms in total. The largest absolute Gasteiger partial charge is 0.376 e. The van der Waals surface area contributed by atoms with Crippen molar-refractivity contribution in [2.45, 2.75) is 53.2 Å². The predicted octanol–water partition coefficient (Wildman–Crippen LogP) is 3.66. The third-order valence-electron chi connectivity index (χ3n) is 2.52. The second-order valence-corrected chi connectivity index (χ2v) is 4.63. The molecule has 0 aliphatic rings. The van der Waals surface area contributed by atoms with Crippen molar-refractivity contribution < 1.29 is 4.74 Å². The van der Waals surface area contributed by atoms with Gasteiger partial charge in [-0.2, -0.15) is 0 Å². The summed E-state index contributed by atoms with van der Waals surface area (Å²) in [7, 11) is 0. The van der Waals surface area contributed by atoms with E-state index in [0.717, 1.165) is 6.42 Å². The molecule has 0 fully saturated rings. The van der Waals surface area contributed by atoms with Crippen LogP contribution < -0.4 is 0 Å². The molecule has 0 saturated carbocycles. The zero-order valence-corrected chi connectivity index (χ0v) is 10.5. The van der Waals surface area contributed by atoms with Crippen LogP contribution in [-0.2, 0) is 11.2 Å². The fourth-order valence-electron chi connectivity index (χ4n) is 1.84. The van der Waals surface area contributed by atoms with Gasteiger partial charge in [0.2, 0.25) is 0 Å². The Morgan fingerprint density at radius 1 is 1.13 bits per heavy atom. The average molecular weight is 206 g/mol. The minimum absolute atomic E-state index is 0.297. The average Bonchev–Trinajstić information content (AvgIpc) is 2.10. The van der Waals surface area contributed by atoms with Crippen LogP contribution in [0.1, 0.15) is 37.5 Å². The molecule has 1 heteroatoms. The highest BCUT2D eigenvalue weighted by Gasteiger charge is 2.07. The molecule has 0 radical (unpaired) electrons. The minimum atomic E-state index is 0.297. The smallest absolute Gasteiger partial charge is 0.0590 e. The third kappa shape index (κ3) is 4.05. The monoisotopic (exact) mass is 206 g/mol. The van der Waals surface area contributed by atoms with E-state index in [2.05, 4.69) is 52.8 Å². The van der Waals surface area contributed by atoms with E-state index in [9.17, 15) is 0 Å². The molecule has 0 heterocycles. The zero-order valence-electron chi connectivity index (χ0n) is 10.5. The predicted molar refractivity (Wildman–Crippen MR) is 65.3 cm³/mol. The van der Waals surface area contributed by atoms with Gasteiger partial charge in [0.25, 0.3) is 0 Å². The summed E-state index contributed by atoms with van der Waals surface area (Å²) in [5, 5.41) is 0. The number of ether oxygens (including phenoxy) is 1. The first kappa shape index (κ1) is 12.3. The second-order valence-electron chi connectivity index (χ2n) is 4.63. The summed E-state index contributed by atoms with van der Waals surface area (Å²) in [6.45, 7) is 10.6. The second kappa shape index (κ2) is 5.32. The Labute approximate surface area is 93.5 Å². The van der Waals surface area contributed by atoms with Gasteiger partial charge in [0, 0.05) is 0 Å². The van der Waals surface area contributed by atoms with Crippen molar-refractivity contribution in [2.75, 3.05) is 0 Å². The lowest BCUT2D eigenvalue weighted by Gasteiger charge is -2.17. The van der Waals surface area contributed by atoms with Crippen LogP contribution in [0.5, 0.6) is 0 Å². The number of benzene rings is 1. The van der Waals surface area contributed by atoms with Gasteiger partial charge in [-0.1, -0.05) is 23.8 Å². The summed E-state index contributed by atoms with van der Waals surface area (Å²) in [6.07, 6.45) is 1.61. The lowest BCUT2D eigenvalue weighted by Crippen LogP contribution is -2.17. The molecular weight excluding hydrogens is 184 g/mol. The maximum atomic E-state index is 5.75. The topological polar surface area (TPSA) is 9.23 Å². The van der Waals surface area contributed by atoms with Crippen molar-refractivity contribution in [1.82, 2.24) is 0 Å². The minimum Gasteiger partial charge on any atom is -0.376 e. The van der Waals surface area contributed by atoms with Crippen molar-refractivity contribution >= 4 is 0 Å². The molecule has 0 aliphatic heterocycles. The van der Waals surface area contributed by atoms with E-state index in [4.69, 9.17) is 4.74 Å². The summed E-state index contributed by atoms with van der Waals surface area (Å²) < 4.78 is 5.75. The first-order valence-electron chi connectivity index (χ1n) is 5.70. The van der Waals surface area contributed by atoms with Crippen molar-refractivity contribution in [3.63, 3.8) is 0 Å². The highest BCUT2D eigenvalue weighted by atomic mass is 16.5. The van der Waals surface area contributed by atoms with Crippen molar-refractivity contribution in [1.29, 1.82) is 0 Å². The molecule has 1 rings (SSSR count). The van der Waals surface area contributed by atoms with Crippen LogP contribution >= 0.6 is 0 Å². The van der Waals surface area contributed by atoms with Gasteiger partial charge in [0.15, 0.2) is 0 Å². The van der Waals surface area contributed by atoms with Crippen LogP contribution in [0.25, 0.3) is 0 Å². The first-order chi connectivity index (χ1) is 6.99. The van der Waals surface area contributed by atoms with Gasteiger partial charge in [0.05, 0.1) is 12.2 Å². The Morgan fingerprint density at radius 2 is 1.80 bits per heavy atom. The lowest BCUT2D eigenvalue weighted by atomic mass is 10.0.